The zero-order chi connectivity index (χ0) is 18.1. The molecule has 0 aromatic rings. The lowest BCUT2D eigenvalue weighted by molar-refractivity contribution is -0.131. The number of amides is 1. The Morgan fingerprint density at radius 3 is 2.44 bits per heavy atom. The van der Waals surface area contributed by atoms with Gasteiger partial charge in [0.05, 0.1) is 19.0 Å². The summed E-state index contributed by atoms with van der Waals surface area (Å²) in [6.45, 7) is 9.60. The molecule has 1 amide bonds. The topological polar surface area (TPSA) is 82.2 Å². The third kappa shape index (κ3) is 6.82. The second-order valence-corrected chi connectivity index (χ2v) is 8.75. The van der Waals surface area contributed by atoms with E-state index in [4.69, 9.17) is 4.74 Å². The van der Waals surface area contributed by atoms with E-state index in [1.165, 1.54) is 4.31 Å². The molecule has 0 bridgehead atoms. The summed E-state index contributed by atoms with van der Waals surface area (Å²) in [7, 11) is -3.28. The molecule has 0 aliphatic carbocycles. The molecule has 2 heterocycles. The van der Waals surface area contributed by atoms with E-state index in [0.717, 1.165) is 52.4 Å². The van der Waals surface area contributed by atoms with Gasteiger partial charge in [0.25, 0.3) is 0 Å². The maximum Gasteiger partial charge on any atom is 0.223 e. The molecule has 9 heteroatoms. The Hall–Kier alpha value is -0.740. The van der Waals surface area contributed by atoms with Gasteiger partial charge in [-0.25, -0.2) is 12.7 Å². The van der Waals surface area contributed by atoms with Crippen molar-refractivity contribution in [1.29, 1.82) is 0 Å². The molecule has 0 unspecified atom stereocenters. The smallest absolute Gasteiger partial charge is 0.223 e. The molecule has 2 rings (SSSR count). The minimum atomic E-state index is -3.28. The van der Waals surface area contributed by atoms with Crippen molar-refractivity contribution in [2.45, 2.75) is 19.8 Å². The average Bonchev–Trinajstić information content (AvgIpc) is 2.65. The first-order valence-corrected chi connectivity index (χ1v) is 10.9. The molecule has 25 heavy (non-hydrogen) atoms. The lowest BCUT2D eigenvalue weighted by Crippen LogP contribution is -2.47. The lowest BCUT2D eigenvalue weighted by atomic mass is 10.3. The van der Waals surface area contributed by atoms with E-state index in [0.29, 0.717) is 19.6 Å². The van der Waals surface area contributed by atoms with E-state index in [1.807, 2.05) is 4.90 Å². The first-order chi connectivity index (χ1) is 12.0. The normalized spacial score (nSPS) is 20.2. The molecule has 0 atom stereocenters. The Kier molecular flexibility index (Phi) is 8.57. The summed E-state index contributed by atoms with van der Waals surface area (Å²) in [5.41, 5.74) is 0. The molecule has 2 aliphatic rings. The van der Waals surface area contributed by atoms with Crippen LogP contribution in [-0.4, -0.2) is 106 Å². The van der Waals surface area contributed by atoms with Crippen LogP contribution < -0.4 is 5.32 Å². The van der Waals surface area contributed by atoms with Gasteiger partial charge in [0.2, 0.25) is 15.9 Å². The van der Waals surface area contributed by atoms with Crippen LogP contribution in [-0.2, 0) is 19.6 Å². The van der Waals surface area contributed by atoms with E-state index >= 15 is 0 Å². The summed E-state index contributed by atoms with van der Waals surface area (Å²) >= 11 is 0. The summed E-state index contributed by atoms with van der Waals surface area (Å²) in [6.07, 6.45) is 1.04. The molecular weight excluding hydrogens is 344 g/mol. The predicted octanol–water partition coefficient (Wildman–Crippen LogP) is -0.818. The Morgan fingerprint density at radius 2 is 1.80 bits per heavy atom. The van der Waals surface area contributed by atoms with Gasteiger partial charge in [-0.15, -0.1) is 0 Å². The predicted molar refractivity (Wildman–Crippen MR) is 97.0 cm³/mol. The van der Waals surface area contributed by atoms with E-state index in [-0.39, 0.29) is 24.6 Å². The van der Waals surface area contributed by atoms with Gasteiger partial charge in [-0.1, -0.05) is 0 Å². The number of sulfonamides is 1. The Bertz CT molecular complexity index is 502. The van der Waals surface area contributed by atoms with Gasteiger partial charge in [0, 0.05) is 58.8 Å². The van der Waals surface area contributed by atoms with Gasteiger partial charge in [-0.05, 0) is 19.9 Å². The highest BCUT2D eigenvalue weighted by Crippen LogP contribution is 2.08. The van der Waals surface area contributed by atoms with Crippen LogP contribution in [0.4, 0.5) is 0 Å². The van der Waals surface area contributed by atoms with Crippen LogP contribution in [0.25, 0.3) is 0 Å². The van der Waals surface area contributed by atoms with Gasteiger partial charge < -0.3 is 15.0 Å². The van der Waals surface area contributed by atoms with Crippen molar-refractivity contribution in [2.75, 3.05) is 77.9 Å². The van der Waals surface area contributed by atoms with E-state index in [2.05, 4.69) is 10.2 Å². The van der Waals surface area contributed by atoms with Gasteiger partial charge in [0.1, 0.15) is 0 Å². The van der Waals surface area contributed by atoms with Crippen molar-refractivity contribution in [3.8, 4) is 0 Å². The van der Waals surface area contributed by atoms with Crippen molar-refractivity contribution in [2.24, 2.45) is 0 Å². The van der Waals surface area contributed by atoms with Crippen LogP contribution >= 0.6 is 0 Å². The number of nitrogens with zero attached hydrogens (tertiary/aromatic N) is 3. The molecule has 0 radical (unpaired) electrons. The van der Waals surface area contributed by atoms with Crippen LogP contribution in [0.2, 0.25) is 0 Å². The number of nitrogens with one attached hydrogen (secondary N) is 1. The minimum Gasteiger partial charge on any atom is -0.379 e. The molecule has 0 spiro atoms. The van der Waals surface area contributed by atoms with Crippen LogP contribution in [0.3, 0.4) is 0 Å². The van der Waals surface area contributed by atoms with Crippen molar-refractivity contribution in [3.05, 3.63) is 0 Å². The fourth-order valence-corrected chi connectivity index (χ4v) is 4.30. The van der Waals surface area contributed by atoms with E-state index in [1.54, 1.807) is 6.92 Å². The molecule has 1 N–H and O–H groups in total. The highest BCUT2D eigenvalue weighted by molar-refractivity contribution is 7.89. The molecule has 8 nitrogen and oxygen atoms in total. The molecule has 2 fully saturated rings. The number of morpholine rings is 1. The Morgan fingerprint density at radius 1 is 1.12 bits per heavy atom. The molecule has 0 aromatic heterocycles. The Balaban J connectivity index is 1.79. The summed E-state index contributed by atoms with van der Waals surface area (Å²) in [6, 6.07) is 0. The van der Waals surface area contributed by atoms with E-state index in [9.17, 15) is 13.2 Å². The fourth-order valence-electron chi connectivity index (χ4n) is 3.16. The highest BCUT2D eigenvalue weighted by atomic mass is 32.2. The molecule has 2 saturated heterocycles. The van der Waals surface area contributed by atoms with Crippen molar-refractivity contribution < 1.29 is 17.9 Å². The second kappa shape index (κ2) is 10.4. The molecule has 146 valence electrons. The van der Waals surface area contributed by atoms with Gasteiger partial charge in [0.15, 0.2) is 0 Å². The van der Waals surface area contributed by atoms with Crippen molar-refractivity contribution in [1.82, 2.24) is 19.4 Å². The lowest BCUT2D eigenvalue weighted by Gasteiger charge is -2.29. The summed E-state index contributed by atoms with van der Waals surface area (Å²) in [5.74, 6) is 0.123. The minimum absolute atomic E-state index is 0.0472. The van der Waals surface area contributed by atoms with Crippen LogP contribution in [0.1, 0.15) is 19.8 Å². The van der Waals surface area contributed by atoms with Crippen molar-refractivity contribution in [3.63, 3.8) is 0 Å². The average molecular weight is 377 g/mol. The maximum atomic E-state index is 12.3. The van der Waals surface area contributed by atoms with Crippen molar-refractivity contribution >= 4 is 15.9 Å². The van der Waals surface area contributed by atoms with Gasteiger partial charge in [-0.3, -0.25) is 9.69 Å². The number of carbonyl (C=O) groups is 1. The number of hydrogen-bond donors (Lipinski definition) is 1. The number of carbonyl (C=O) groups excluding carboxylic acids is 1. The fraction of sp³-hybridized carbons (Fsp3) is 0.938. The maximum absolute atomic E-state index is 12.3. The number of hydrogen-bond acceptors (Lipinski definition) is 6. The zero-order valence-electron chi connectivity index (χ0n) is 15.3. The first kappa shape index (κ1) is 20.6. The molecular formula is C16H32N4O4S. The van der Waals surface area contributed by atoms with Gasteiger partial charge >= 0.3 is 0 Å². The summed E-state index contributed by atoms with van der Waals surface area (Å²) in [4.78, 5) is 16.4. The highest BCUT2D eigenvalue weighted by Gasteiger charge is 2.23. The summed E-state index contributed by atoms with van der Waals surface area (Å²) in [5, 5.41) is 3.21. The monoisotopic (exact) mass is 376 g/mol. The quantitative estimate of drug-likeness (QED) is 0.566. The SMILES string of the molecule is CCS(=O)(=O)N(CCCN1CCOCC1)CCC(=O)N1CCNCC1. The number of piperazine rings is 1. The standard InChI is InChI=1S/C16H32N4O4S/c1-2-25(22,23)20(8-3-7-18-12-14-24-15-13-18)9-4-16(21)19-10-5-17-6-11-19/h17H,2-15H2,1H3. The largest absolute Gasteiger partial charge is 0.379 e. The first-order valence-electron chi connectivity index (χ1n) is 9.29. The molecule has 0 aromatic carbocycles. The van der Waals surface area contributed by atoms with Gasteiger partial charge in [-0.2, -0.15) is 0 Å². The van der Waals surface area contributed by atoms with E-state index < -0.39 is 10.0 Å². The third-order valence-electron chi connectivity index (χ3n) is 4.79. The molecule has 2 aliphatic heterocycles. The summed E-state index contributed by atoms with van der Waals surface area (Å²) < 4.78 is 31.5. The van der Waals surface area contributed by atoms with Crippen LogP contribution in [0.15, 0.2) is 0 Å². The zero-order valence-corrected chi connectivity index (χ0v) is 16.1. The van der Waals surface area contributed by atoms with Crippen LogP contribution in [0, 0.1) is 0 Å². The Labute approximate surface area is 151 Å². The second-order valence-electron chi connectivity index (χ2n) is 6.49. The van der Waals surface area contributed by atoms with Crippen LogP contribution in [0.5, 0.6) is 0 Å². The number of rotatable bonds is 9. The number of ether oxygens (including phenoxy) is 1. The molecule has 0 saturated carbocycles. The third-order valence-corrected chi connectivity index (χ3v) is 6.67.